The molecule has 1 N–H and O–H groups in total. The van der Waals surface area contributed by atoms with E-state index in [4.69, 9.17) is 5.26 Å². The van der Waals surface area contributed by atoms with E-state index in [0.29, 0.717) is 6.42 Å². The second-order valence-corrected chi connectivity index (χ2v) is 5.55. The highest BCUT2D eigenvalue weighted by molar-refractivity contribution is 4.68. The van der Waals surface area contributed by atoms with Crippen LogP contribution in [0.15, 0.2) is 0 Å². The maximum absolute atomic E-state index is 8.40. The van der Waals surface area contributed by atoms with Gasteiger partial charge in [-0.2, -0.15) is 5.26 Å². The average Bonchev–Trinajstić information content (AvgIpc) is 2.43. The summed E-state index contributed by atoms with van der Waals surface area (Å²) in [5, 5.41) is 11.9. The summed E-state index contributed by atoms with van der Waals surface area (Å²) >= 11 is 0. The van der Waals surface area contributed by atoms with Gasteiger partial charge in [0.15, 0.2) is 0 Å². The molecule has 0 saturated heterocycles. The molecular weight excluding hydrogens is 232 g/mol. The van der Waals surface area contributed by atoms with Gasteiger partial charge in [-0.3, -0.25) is 0 Å². The summed E-state index contributed by atoms with van der Waals surface area (Å²) in [4.78, 5) is 0. The molecule has 112 valence electrons. The van der Waals surface area contributed by atoms with Crippen LogP contribution in [0.5, 0.6) is 0 Å². The van der Waals surface area contributed by atoms with Crippen molar-refractivity contribution < 1.29 is 0 Å². The molecule has 0 heterocycles. The number of nitrogens with one attached hydrogen (secondary N) is 1. The van der Waals surface area contributed by atoms with E-state index in [1.807, 2.05) is 0 Å². The Hall–Kier alpha value is -0.550. The standard InChI is InChI=1S/C17H34N2/c1-2-3-4-5-6-7-8-9-10-13-16-19-17-14-11-12-15-18/h19H,2-14,16-17H2,1H3. The van der Waals surface area contributed by atoms with Gasteiger partial charge in [-0.05, 0) is 32.4 Å². The lowest BCUT2D eigenvalue weighted by molar-refractivity contribution is 0.539. The Bertz CT molecular complexity index is 196. The molecule has 0 aliphatic carbocycles. The predicted molar refractivity (Wildman–Crippen MR) is 84.2 cm³/mol. The van der Waals surface area contributed by atoms with Crippen molar-refractivity contribution in [3.05, 3.63) is 0 Å². The van der Waals surface area contributed by atoms with Crippen molar-refractivity contribution in [3.63, 3.8) is 0 Å². The monoisotopic (exact) mass is 266 g/mol. The Morgan fingerprint density at radius 1 is 0.684 bits per heavy atom. The molecular formula is C17H34N2. The van der Waals surface area contributed by atoms with Gasteiger partial charge in [0.1, 0.15) is 0 Å². The van der Waals surface area contributed by atoms with Gasteiger partial charge in [0, 0.05) is 6.42 Å². The maximum atomic E-state index is 8.40. The fourth-order valence-electron chi connectivity index (χ4n) is 2.32. The molecule has 19 heavy (non-hydrogen) atoms. The molecule has 0 aliphatic heterocycles. The molecule has 0 unspecified atom stereocenters. The van der Waals surface area contributed by atoms with E-state index >= 15 is 0 Å². The summed E-state index contributed by atoms with van der Waals surface area (Å²) in [5.74, 6) is 0. The number of hydrogen-bond donors (Lipinski definition) is 1. The minimum Gasteiger partial charge on any atom is -0.317 e. The summed E-state index contributed by atoms with van der Waals surface area (Å²) in [7, 11) is 0. The van der Waals surface area contributed by atoms with E-state index in [2.05, 4.69) is 18.3 Å². The van der Waals surface area contributed by atoms with Gasteiger partial charge >= 0.3 is 0 Å². The normalized spacial score (nSPS) is 10.5. The molecule has 0 radical (unpaired) electrons. The third-order valence-electron chi connectivity index (χ3n) is 3.60. The highest BCUT2D eigenvalue weighted by Crippen LogP contribution is 2.10. The van der Waals surface area contributed by atoms with E-state index in [1.54, 1.807) is 0 Å². The van der Waals surface area contributed by atoms with Crippen LogP contribution in [-0.4, -0.2) is 13.1 Å². The smallest absolute Gasteiger partial charge is 0.0621 e. The molecule has 0 rings (SSSR count). The molecule has 0 bridgehead atoms. The molecule has 0 amide bonds. The van der Waals surface area contributed by atoms with Crippen LogP contribution in [0.3, 0.4) is 0 Å². The van der Waals surface area contributed by atoms with Crippen LogP contribution < -0.4 is 5.32 Å². The Morgan fingerprint density at radius 3 is 1.68 bits per heavy atom. The SMILES string of the molecule is CCCCCCCCCCCCNCCCCC#N. The van der Waals surface area contributed by atoms with Crippen molar-refractivity contribution in [1.82, 2.24) is 5.32 Å². The van der Waals surface area contributed by atoms with Crippen molar-refractivity contribution in [2.45, 2.75) is 90.4 Å². The quantitative estimate of drug-likeness (QED) is 0.414. The van der Waals surface area contributed by atoms with Gasteiger partial charge in [0.25, 0.3) is 0 Å². The molecule has 0 aromatic rings. The third-order valence-corrected chi connectivity index (χ3v) is 3.60. The van der Waals surface area contributed by atoms with Gasteiger partial charge in [0.2, 0.25) is 0 Å². The van der Waals surface area contributed by atoms with Gasteiger partial charge < -0.3 is 5.32 Å². The van der Waals surface area contributed by atoms with Gasteiger partial charge in [0.05, 0.1) is 6.07 Å². The van der Waals surface area contributed by atoms with Crippen LogP contribution in [-0.2, 0) is 0 Å². The number of hydrogen-bond acceptors (Lipinski definition) is 2. The zero-order chi connectivity index (χ0) is 14.0. The summed E-state index contributed by atoms with van der Waals surface area (Å²) in [6.45, 7) is 4.51. The second-order valence-electron chi connectivity index (χ2n) is 5.55. The lowest BCUT2D eigenvalue weighted by atomic mass is 10.1. The topological polar surface area (TPSA) is 35.8 Å². The number of nitrogens with zero attached hydrogens (tertiary/aromatic N) is 1. The minimum atomic E-state index is 0.708. The summed E-state index contributed by atoms with van der Waals surface area (Å²) in [6.07, 6.45) is 16.9. The Kier molecular flexibility index (Phi) is 16.9. The minimum absolute atomic E-state index is 0.708. The zero-order valence-corrected chi connectivity index (χ0v) is 13.1. The molecule has 0 aliphatic rings. The first-order valence-electron chi connectivity index (χ1n) is 8.49. The molecule has 2 nitrogen and oxygen atoms in total. The number of nitriles is 1. The first kappa shape index (κ1) is 18.4. The molecule has 0 fully saturated rings. The Balaban J connectivity index is 2.90. The lowest BCUT2D eigenvalue weighted by Crippen LogP contribution is -2.16. The van der Waals surface area contributed by atoms with E-state index < -0.39 is 0 Å². The first-order chi connectivity index (χ1) is 9.41. The highest BCUT2D eigenvalue weighted by Gasteiger charge is 1.93. The fourth-order valence-corrected chi connectivity index (χ4v) is 2.32. The summed E-state index contributed by atoms with van der Waals surface area (Å²) in [5.41, 5.74) is 0. The van der Waals surface area contributed by atoms with E-state index in [9.17, 15) is 0 Å². The second kappa shape index (κ2) is 17.4. The first-order valence-corrected chi connectivity index (χ1v) is 8.49. The van der Waals surface area contributed by atoms with E-state index in [1.165, 1.54) is 64.2 Å². The lowest BCUT2D eigenvalue weighted by Gasteiger charge is -2.04. The van der Waals surface area contributed by atoms with Crippen molar-refractivity contribution >= 4 is 0 Å². The molecule has 0 atom stereocenters. The Labute approximate surface area is 121 Å². The van der Waals surface area contributed by atoms with Crippen LogP contribution in [0.2, 0.25) is 0 Å². The summed E-state index contributed by atoms with van der Waals surface area (Å²) < 4.78 is 0. The average molecular weight is 266 g/mol. The molecule has 2 heteroatoms. The predicted octanol–water partition coefficient (Wildman–Crippen LogP) is 5.19. The van der Waals surface area contributed by atoms with Gasteiger partial charge in [-0.15, -0.1) is 0 Å². The van der Waals surface area contributed by atoms with E-state index in [-0.39, 0.29) is 0 Å². The van der Waals surface area contributed by atoms with E-state index in [0.717, 1.165) is 25.9 Å². The van der Waals surface area contributed by atoms with Crippen LogP contribution >= 0.6 is 0 Å². The van der Waals surface area contributed by atoms with Crippen LogP contribution in [0, 0.1) is 11.3 Å². The van der Waals surface area contributed by atoms with Crippen molar-refractivity contribution in [2.24, 2.45) is 0 Å². The maximum Gasteiger partial charge on any atom is 0.0621 e. The fraction of sp³-hybridized carbons (Fsp3) is 0.941. The van der Waals surface area contributed by atoms with Crippen molar-refractivity contribution in [3.8, 4) is 6.07 Å². The molecule has 0 aromatic heterocycles. The largest absolute Gasteiger partial charge is 0.317 e. The van der Waals surface area contributed by atoms with Crippen LogP contribution in [0.4, 0.5) is 0 Å². The Morgan fingerprint density at radius 2 is 1.16 bits per heavy atom. The third kappa shape index (κ3) is 17.4. The van der Waals surface area contributed by atoms with Crippen LogP contribution in [0.1, 0.15) is 90.4 Å². The number of rotatable bonds is 15. The molecule has 0 saturated carbocycles. The van der Waals surface area contributed by atoms with Gasteiger partial charge in [-0.25, -0.2) is 0 Å². The molecule has 0 aromatic carbocycles. The zero-order valence-electron chi connectivity index (χ0n) is 13.1. The highest BCUT2D eigenvalue weighted by atomic mass is 14.8. The van der Waals surface area contributed by atoms with Crippen molar-refractivity contribution in [1.29, 1.82) is 5.26 Å². The van der Waals surface area contributed by atoms with Gasteiger partial charge in [-0.1, -0.05) is 64.7 Å². The van der Waals surface area contributed by atoms with Crippen LogP contribution in [0.25, 0.3) is 0 Å². The van der Waals surface area contributed by atoms with Crippen molar-refractivity contribution in [2.75, 3.05) is 13.1 Å². The summed E-state index contributed by atoms with van der Waals surface area (Å²) in [6, 6.07) is 2.19. The number of unbranched alkanes of at least 4 members (excludes halogenated alkanes) is 11. The molecule has 0 spiro atoms.